The molecule has 0 N–H and O–H groups in total. The van der Waals surface area contributed by atoms with Crippen molar-refractivity contribution in [2.24, 2.45) is 0 Å². The quantitative estimate of drug-likeness (QED) is 0.192. The van der Waals surface area contributed by atoms with Gasteiger partial charge < -0.3 is 0 Å². The number of hydrogen-bond acceptors (Lipinski definition) is 0. The van der Waals surface area contributed by atoms with E-state index in [1.807, 2.05) is 18.2 Å². The summed E-state index contributed by atoms with van der Waals surface area (Å²) in [6.07, 6.45) is 7.47. The van der Waals surface area contributed by atoms with Crippen LogP contribution in [0.1, 0.15) is 55.7 Å². The van der Waals surface area contributed by atoms with Gasteiger partial charge >= 0.3 is 0 Å². The van der Waals surface area contributed by atoms with Crippen LogP contribution in [0.25, 0.3) is 21.9 Å². The first kappa shape index (κ1) is 23.6. The first-order valence-corrected chi connectivity index (χ1v) is 11.8. The molecule has 0 fully saturated rings. The molecule has 0 saturated carbocycles. The van der Waals surface area contributed by atoms with Crippen LogP contribution >= 0.6 is 0 Å². The third kappa shape index (κ3) is 5.69. The Morgan fingerprint density at radius 3 is 2.15 bits per heavy atom. The Morgan fingerprint density at radius 2 is 1.38 bits per heavy atom. The lowest BCUT2D eigenvalue weighted by Crippen LogP contribution is -1.90. The molecule has 0 heterocycles. The predicted octanol–water partition coefficient (Wildman–Crippen LogP) is 8.84. The molecule has 0 spiro atoms. The van der Waals surface area contributed by atoms with Crippen molar-refractivity contribution < 1.29 is 13.2 Å². The lowest BCUT2D eigenvalue weighted by atomic mass is 9.99. The molecule has 172 valence electrons. The molecule has 0 aromatic heterocycles. The fourth-order valence-corrected chi connectivity index (χ4v) is 4.09. The molecule has 0 unspecified atom stereocenters. The summed E-state index contributed by atoms with van der Waals surface area (Å²) in [4.78, 5) is 0. The fourth-order valence-electron chi connectivity index (χ4n) is 4.09. The van der Waals surface area contributed by atoms with E-state index in [-0.39, 0.29) is 5.56 Å². The molecule has 0 aliphatic rings. The summed E-state index contributed by atoms with van der Waals surface area (Å²) in [5, 5.41) is 1.12. The number of halogens is 3. The standard InChI is InChI=1S/C31H27F3/c1-2-3-4-5-6-7-22-8-10-23(11-9-22)12-13-24-14-17-27-25(20-24)15-18-28(31(27)34)26-16-19-29(32)30(33)21-26/h8-11,14-21H,2-7H2,1H3. The molecule has 4 aromatic rings. The molecule has 0 bridgehead atoms. The van der Waals surface area contributed by atoms with Crippen LogP contribution in [0.15, 0.2) is 72.8 Å². The Hall–Kier alpha value is -3.51. The van der Waals surface area contributed by atoms with Gasteiger partial charge in [0.25, 0.3) is 0 Å². The van der Waals surface area contributed by atoms with Crippen molar-refractivity contribution in [3.05, 3.63) is 107 Å². The Morgan fingerprint density at radius 1 is 0.647 bits per heavy atom. The van der Waals surface area contributed by atoms with Crippen molar-refractivity contribution in [3.63, 3.8) is 0 Å². The third-order valence-corrected chi connectivity index (χ3v) is 6.06. The van der Waals surface area contributed by atoms with Crippen LogP contribution < -0.4 is 0 Å². The van der Waals surface area contributed by atoms with Crippen molar-refractivity contribution >= 4 is 10.8 Å². The monoisotopic (exact) mass is 456 g/mol. The van der Waals surface area contributed by atoms with Crippen LogP contribution in [0.2, 0.25) is 0 Å². The summed E-state index contributed by atoms with van der Waals surface area (Å²) in [5.41, 5.74) is 3.59. The Bertz CT molecular complexity index is 1340. The maximum absolute atomic E-state index is 15.1. The molecule has 0 saturated heterocycles. The number of unbranched alkanes of at least 4 members (excludes halogenated alkanes) is 4. The minimum absolute atomic E-state index is 0.232. The van der Waals surface area contributed by atoms with Gasteiger partial charge in [-0.15, -0.1) is 0 Å². The van der Waals surface area contributed by atoms with Gasteiger partial charge in [0, 0.05) is 22.1 Å². The number of hydrogen-bond donors (Lipinski definition) is 0. The molecule has 0 aliphatic heterocycles. The van der Waals surface area contributed by atoms with Crippen LogP contribution in [0.5, 0.6) is 0 Å². The molecular formula is C31H27F3. The van der Waals surface area contributed by atoms with E-state index in [4.69, 9.17) is 0 Å². The SMILES string of the molecule is CCCCCCCc1ccc(C#Cc2ccc3c(F)c(-c4ccc(F)c(F)c4)ccc3c2)cc1. The average molecular weight is 457 g/mol. The predicted molar refractivity (Wildman–Crippen MR) is 134 cm³/mol. The van der Waals surface area contributed by atoms with Crippen molar-refractivity contribution in [1.82, 2.24) is 0 Å². The smallest absolute Gasteiger partial charge is 0.159 e. The van der Waals surface area contributed by atoms with Crippen molar-refractivity contribution in [2.75, 3.05) is 0 Å². The summed E-state index contributed by atoms with van der Waals surface area (Å²) >= 11 is 0. The second-order valence-electron chi connectivity index (χ2n) is 8.60. The van der Waals surface area contributed by atoms with Gasteiger partial charge in [-0.05, 0) is 65.8 Å². The summed E-state index contributed by atoms with van der Waals surface area (Å²) in [7, 11) is 0. The zero-order valence-electron chi connectivity index (χ0n) is 19.3. The minimum atomic E-state index is -0.998. The molecule has 3 heteroatoms. The number of fused-ring (bicyclic) bond motifs is 1. The summed E-state index contributed by atoms with van der Waals surface area (Å²) in [6, 6.07) is 20.4. The highest BCUT2D eigenvalue weighted by molar-refractivity contribution is 5.89. The van der Waals surface area contributed by atoms with E-state index in [0.717, 1.165) is 29.7 Å². The fraction of sp³-hybridized carbons (Fsp3) is 0.226. The van der Waals surface area contributed by atoms with Gasteiger partial charge in [-0.2, -0.15) is 0 Å². The average Bonchev–Trinajstić information content (AvgIpc) is 2.85. The van der Waals surface area contributed by atoms with Gasteiger partial charge in [0.15, 0.2) is 11.6 Å². The van der Waals surface area contributed by atoms with E-state index in [9.17, 15) is 8.78 Å². The number of aryl methyl sites for hydroxylation is 1. The van der Waals surface area contributed by atoms with Crippen LogP contribution in [0, 0.1) is 29.3 Å². The van der Waals surface area contributed by atoms with Crippen LogP contribution in [0.4, 0.5) is 13.2 Å². The molecule has 0 atom stereocenters. The molecule has 0 amide bonds. The maximum atomic E-state index is 15.1. The lowest BCUT2D eigenvalue weighted by molar-refractivity contribution is 0.509. The van der Waals surface area contributed by atoms with Gasteiger partial charge in [-0.25, -0.2) is 13.2 Å². The minimum Gasteiger partial charge on any atom is -0.206 e. The topological polar surface area (TPSA) is 0 Å². The van der Waals surface area contributed by atoms with Gasteiger partial charge in [0.1, 0.15) is 5.82 Å². The Labute approximate surface area is 199 Å². The maximum Gasteiger partial charge on any atom is 0.159 e. The second-order valence-corrected chi connectivity index (χ2v) is 8.60. The van der Waals surface area contributed by atoms with Gasteiger partial charge in [-0.1, -0.05) is 80.8 Å². The van der Waals surface area contributed by atoms with Crippen LogP contribution in [-0.2, 0) is 6.42 Å². The van der Waals surface area contributed by atoms with Crippen molar-refractivity contribution in [1.29, 1.82) is 0 Å². The van der Waals surface area contributed by atoms with Gasteiger partial charge in [0.2, 0.25) is 0 Å². The first-order valence-electron chi connectivity index (χ1n) is 11.8. The summed E-state index contributed by atoms with van der Waals surface area (Å²) < 4.78 is 41.9. The highest BCUT2D eigenvalue weighted by Crippen LogP contribution is 2.30. The Balaban J connectivity index is 1.48. The third-order valence-electron chi connectivity index (χ3n) is 6.06. The first-order chi connectivity index (χ1) is 16.5. The molecule has 0 nitrogen and oxygen atoms in total. The van der Waals surface area contributed by atoms with E-state index in [0.29, 0.717) is 16.3 Å². The van der Waals surface area contributed by atoms with Crippen LogP contribution in [-0.4, -0.2) is 0 Å². The van der Waals surface area contributed by atoms with E-state index < -0.39 is 17.5 Å². The van der Waals surface area contributed by atoms with Gasteiger partial charge in [-0.3, -0.25) is 0 Å². The molecule has 0 aliphatic carbocycles. The van der Waals surface area contributed by atoms with Gasteiger partial charge in [0.05, 0.1) is 0 Å². The zero-order chi connectivity index (χ0) is 23.9. The normalized spacial score (nSPS) is 10.8. The molecule has 34 heavy (non-hydrogen) atoms. The van der Waals surface area contributed by atoms with Crippen LogP contribution in [0.3, 0.4) is 0 Å². The Kier molecular flexibility index (Phi) is 7.70. The molecule has 4 rings (SSSR count). The van der Waals surface area contributed by atoms with E-state index >= 15 is 4.39 Å². The number of benzene rings is 4. The largest absolute Gasteiger partial charge is 0.206 e. The molecule has 0 radical (unpaired) electrons. The summed E-state index contributed by atoms with van der Waals surface area (Å²) in [5.74, 6) is 3.92. The van der Waals surface area contributed by atoms with E-state index in [2.05, 4.69) is 30.9 Å². The highest BCUT2D eigenvalue weighted by Gasteiger charge is 2.12. The summed E-state index contributed by atoms with van der Waals surface area (Å²) in [6.45, 7) is 2.23. The second kappa shape index (κ2) is 11.1. The molecule has 4 aromatic carbocycles. The zero-order valence-corrected chi connectivity index (χ0v) is 19.3. The number of rotatable bonds is 7. The van der Waals surface area contributed by atoms with E-state index in [1.54, 1.807) is 24.3 Å². The van der Waals surface area contributed by atoms with Crippen molar-refractivity contribution in [2.45, 2.75) is 45.4 Å². The highest BCUT2D eigenvalue weighted by atomic mass is 19.2. The van der Waals surface area contributed by atoms with Crippen molar-refractivity contribution in [3.8, 4) is 23.0 Å². The van der Waals surface area contributed by atoms with E-state index in [1.165, 1.54) is 43.7 Å². The lowest BCUT2D eigenvalue weighted by Gasteiger charge is -2.08. The molecular weight excluding hydrogens is 429 g/mol.